The zero-order valence-corrected chi connectivity index (χ0v) is 13.6. The first-order chi connectivity index (χ1) is 9.12. The third kappa shape index (κ3) is 4.98. The van der Waals surface area contributed by atoms with Gasteiger partial charge in [-0.3, -0.25) is 4.79 Å². The summed E-state index contributed by atoms with van der Waals surface area (Å²) in [5.74, 6) is 1.49. The highest BCUT2D eigenvalue weighted by molar-refractivity contribution is 9.10. The molecule has 0 heterocycles. The van der Waals surface area contributed by atoms with Crippen LogP contribution in [0.25, 0.3) is 0 Å². The third-order valence-electron chi connectivity index (χ3n) is 3.49. The predicted octanol–water partition coefficient (Wildman–Crippen LogP) is 5.25. The molecule has 0 amide bonds. The summed E-state index contributed by atoms with van der Waals surface area (Å²) in [6.45, 7) is 4.35. The van der Waals surface area contributed by atoms with Gasteiger partial charge in [0.2, 0.25) is 0 Å². The first-order valence-corrected chi connectivity index (χ1v) is 7.78. The van der Waals surface area contributed by atoms with Crippen molar-refractivity contribution in [2.45, 2.75) is 46.0 Å². The molecule has 0 aliphatic rings. The van der Waals surface area contributed by atoms with Gasteiger partial charge >= 0.3 is 0 Å². The van der Waals surface area contributed by atoms with Crippen LogP contribution in [0.2, 0.25) is 0 Å². The van der Waals surface area contributed by atoms with Crippen molar-refractivity contribution in [3.05, 3.63) is 28.2 Å². The van der Waals surface area contributed by atoms with Crippen LogP contribution in [0.15, 0.2) is 22.7 Å². The molecule has 1 rings (SSSR count). The normalized spacial score (nSPS) is 12.2. The average Bonchev–Trinajstić information content (AvgIpc) is 2.43. The van der Waals surface area contributed by atoms with E-state index in [1.165, 1.54) is 12.8 Å². The fourth-order valence-corrected chi connectivity index (χ4v) is 2.70. The van der Waals surface area contributed by atoms with Crippen LogP contribution in [0, 0.1) is 5.92 Å². The Kier molecular flexibility index (Phi) is 7.14. The zero-order chi connectivity index (χ0) is 14.3. The molecule has 106 valence electrons. The van der Waals surface area contributed by atoms with Crippen molar-refractivity contribution in [1.29, 1.82) is 0 Å². The molecule has 0 aliphatic carbocycles. The van der Waals surface area contributed by atoms with Gasteiger partial charge in [0.1, 0.15) is 5.75 Å². The van der Waals surface area contributed by atoms with Crippen LogP contribution in [0.3, 0.4) is 0 Å². The van der Waals surface area contributed by atoms with Crippen molar-refractivity contribution in [1.82, 2.24) is 0 Å². The van der Waals surface area contributed by atoms with E-state index >= 15 is 0 Å². The van der Waals surface area contributed by atoms with E-state index in [4.69, 9.17) is 4.74 Å². The minimum atomic E-state index is 0.228. The lowest BCUT2D eigenvalue weighted by Crippen LogP contribution is -2.08. The van der Waals surface area contributed by atoms with Crippen LogP contribution in [0.1, 0.15) is 56.3 Å². The molecule has 0 fully saturated rings. The number of methoxy groups -OCH3 is 1. The number of halogens is 1. The van der Waals surface area contributed by atoms with Gasteiger partial charge in [-0.1, -0.05) is 39.5 Å². The number of Topliss-reactive ketones (excluding diaryl/α,β-unsaturated/α-hetero) is 1. The lowest BCUT2D eigenvalue weighted by molar-refractivity contribution is 0.0957. The Balaban J connectivity index is 2.69. The van der Waals surface area contributed by atoms with Crippen molar-refractivity contribution in [3.63, 3.8) is 0 Å². The highest BCUT2D eigenvalue weighted by Gasteiger charge is 2.14. The van der Waals surface area contributed by atoms with Crippen molar-refractivity contribution in [2.24, 2.45) is 5.92 Å². The van der Waals surface area contributed by atoms with E-state index in [0.29, 0.717) is 12.3 Å². The fraction of sp³-hybridized carbons (Fsp3) is 0.562. The Morgan fingerprint density at radius 2 is 2.11 bits per heavy atom. The van der Waals surface area contributed by atoms with Crippen molar-refractivity contribution >= 4 is 21.7 Å². The molecule has 1 unspecified atom stereocenters. The molecular weight excluding hydrogens is 304 g/mol. The Labute approximate surface area is 124 Å². The molecule has 0 aromatic heterocycles. The molecule has 1 aromatic rings. The monoisotopic (exact) mass is 326 g/mol. The molecule has 0 radical (unpaired) electrons. The van der Waals surface area contributed by atoms with Gasteiger partial charge < -0.3 is 4.74 Å². The zero-order valence-electron chi connectivity index (χ0n) is 12.0. The third-order valence-corrected chi connectivity index (χ3v) is 4.11. The maximum atomic E-state index is 12.3. The average molecular weight is 327 g/mol. The largest absolute Gasteiger partial charge is 0.496 e. The number of ketones is 1. The minimum absolute atomic E-state index is 0.228. The van der Waals surface area contributed by atoms with Crippen molar-refractivity contribution in [3.8, 4) is 5.75 Å². The molecular formula is C16H23BrO2. The Bertz CT molecular complexity index is 415. The number of hydrogen-bond acceptors (Lipinski definition) is 2. The lowest BCUT2D eigenvalue weighted by Gasteiger charge is -2.13. The molecule has 0 N–H and O–H groups in total. The van der Waals surface area contributed by atoms with E-state index in [2.05, 4.69) is 29.8 Å². The molecule has 0 bridgehead atoms. The summed E-state index contributed by atoms with van der Waals surface area (Å²) in [6.07, 6.45) is 5.27. The second-order valence-electron chi connectivity index (χ2n) is 4.89. The van der Waals surface area contributed by atoms with Gasteiger partial charge in [0.25, 0.3) is 0 Å². The van der Waals surface area contributed by atoms with E-state index in [9.17, 15) is 4.79 Å². The summed E-state index contributed by atoms with van der Waals surface area (Å²) in [5.41, 5.74) is 0.766. The van der Waals surface area contributed by atoms with Crippen LogP contribution >= 0.6 is 15.9 Å². The number of hydrogen-bond donors (Lipinski definition) is 0. The molecule has 0 aliphatic heterocycles. The van der Waals surface area contributed by atoms with Crippen LogP contribution in [-0.4, -0.2) is 12.9 Å². The first-order valence-electron chi connectivity index (χ1n) is 6.99. The molecule has 1 atom stereocenters. The maximum Gasteiger partial charge on any atom is 0.163 e. The first kappa shape index (κ1) is 16.2. The maximum absolute atomic E-state index is 12.3. The molecule has 2 nitrogen and oxygen atoms in total. The number of carbonyl (C=O) groups is 1. The van der Waals surface area contributed by atoms with Gasteiger partial charge in [-0.2, -0.15) is 0 Å². The SMILES string of the molecule is CCCCC(CC)CC(=O)c1ccc(OC)c(Br)c1. The van der Waals surface area contributed by atoms with Gasteiger partial charge in [0, 0.05) is 12.0 Å². The highest BCUT2D eigenvalue weighted by Crippen LogP contribution is 2.27. The van der Waals surface area contributed by atoms with Gasteiger partial charge in [0.15, 0.2) is 5.78 Å². The molecule has 0 saturated carbocycles. The topological polar surface area (TPSA) is 26.3 Å². The van der Waals surface area contributed by atoms with Gasteiger partial charge in [-0.15, -0.1) is 0 Å². The highest BCUT2D eigenvalue weighted by atomic mass is 79.9. The summed E-state index contributed by atoms with van der Waals surface area (Å²) in [6, 6.07) is 5.54. The smallest absolute Gasteiger partial charge is 0.163 e. The van der Waals surface area contributed by atoms with Crippen LogP contribution in [0.5, 0.6) is 5.75 Å². The van der Waals surface area contributed by atoms with E-state index in [-0.39, 0.29) is 5.78 Å². The molecule has 0 saturated heterocycles. The second-order valence-corrected chi connectivity index (χ2v) is 5.75. The van der Waals surface area contributed by atoms with Gasteiger partial charge in [0.05, 0.1) is 11.6 Å². The van der Waals surface area contributed by atoms with Crippen molar-refractivity contribution < 1.29 is 9.53 Å². The summed E-state index contributed by atoms with van der Waals surface area (Å²) in [4.78, 5) is 12.3. The molecule has 19 heavy (non-hydrogen) atoms. The van der Waals surface area contributed by atoms with Crippen molar-refractivity contribution in [2.75, 3.05) is 7.11 Å². The Morgan fingerprint density at radius 1 is 1.37 bits per heavy atom. The predicted molar refractivity (Wildman–Crippen MR) is 82.9 cm³/mol. The van der Waals surface area contributed by atoms with Gasteiger partial charge in [-0.05, 0) is 40.0 Å². The molecule has 1 aromatic carbocycles. The van der Waals surface area contributed by atoms with E-state index in [0.717, 1.165) is 28.6 Å². The summed E-state index contributed by atoms with van der Waals surface area (Å²) in [5, 5.41) is 0. The quantitative estimate of drug-likeness (QED) is 0.610. The summed E-state index contributed by atoms with van der Waals surface area (Å²) < 4.78 is 6.01. The van der Waals surface area contributed by atoms with Crippen LogP contribution < -0.4 is 4.74 Å². The molecule has 0 spiro atoms. The number of carbonyl (C=O) groups excluding carboxylic acids is 1. The lowest BCUT2D eigenvalue weighted by atomic mass is 9.91. The van der Waals surface area contributed by atoms with Gasteiger partial charge in [-0.25, -0.2) is 0 Å². The van der Waals surface area contributed by atoms with E-state index in [1.807, 2.05) is 18.2 Å². The van der Waals surface area contributed by atoms with E-state index in [1.54, 1.807) is 7.11 Å². The number of rotatable bonds is 8. The number of ether oxygens (including phenoxy) is 1. The van der Waals surface area contributed by atoms with Crippen LogP contribution in [0.4, 0.5) is 0 Å². The fourth-order valence-electron chi connectivity index (χ4n) is 2.16. The molecule has 3 heteroatoms. The number of benzene rings is 1. The van der Waals surface area contributed by atoms with Crippen LogP contribution in [-0.2, 0) is 0 Å². The minimum Gasteiger partial charge on any atom is -0.496 e. The Hall–Kier alpha value is -0.830. The second kappa shape index (κ2) is 8.36. The van der Waals surface area contributed by atoms with E-state index < -0.39 is 0 Å². The summed E-state index contributed by atoms with van der Waals surface area (Å²) in [7, 11) is 1.62. The standard InChI is InChI=1S/C16H23BrO2/c1-4-6-7-12(5-2)10-15(18)13-8-9-16(19-3)14(17)11-13/h8-9,11-12H,4-7,10H2,1-3H3. The number of unbranched alkanes of at least 4 members (excludes halogenated alkanes) is 1. The summed E-state index contributed by atoms with van der Waals surface area (Å²) >= 11 is 3.42. The Morgan fingerprint density at radius 3 is 2.63 bits per heavy atom.